The molecule has 1 aromatic heterocycles. The predicted octanol–water partition coefficient (Wildman–Crippen LogP) is 1.48. The topological polar surface area (TPSA) is 48.3 Å². The second kappa shape index (κ2) is 4.41. The summed E-state index contributed by atoms with van der Waals surface area (Å²) in [5.41, 5.74) is 1.36. The number of aryl methyl sites for hydroxylation is 1. The zero-order chi connectivity index (χ0) is 12.4. The first-order valence-electron chi connectivity index (χ1n) is 5.29. The summed E-state index contributed by atoms with van der Waals surface area (Å²) in [6.07, 6.45) is 1.68. The number of fused-ring (bicyclic) bond motifs is 1. The van der Waals surface area contributed by atoms with E-state index in [1.807, 2.05) is 18.2 Å². The van der Waals surface area contributed by atoms with E-state index in [2.05, 4.69) is 4.74 Å². The van der Waals surface area contributed by atoms with Crippen LogP contribution in [0, 0.1) is 6.92 Å². The Bertz CT molecular complexity index is 628. The Labute approximate surface area is 98.4 Å². The maximum atomic E-state index is 11.9. The number of esters is 1. The zero-order valence-corrected chi connectivity index (χ0v) is 9.77. The van der Waals surface area contributed by atoms with Crippen molar-refractivity contribution in [2.24, 2.45) is 0 Å². The van der Waals surface area contributed by atoms with Crippen LogP contribution in [-0.2, 0) is 16.1 Å². The molecule has 17 heavy (non-hydrogen) atoms. The molecule has 1 heterocycles. The van der Waals surface area contributed by atoms with E-state index in [0.717, 1.165) is 5.52 Å². The van der Waals surface area contributed by atoms with Crippen molar-refractivity contribution in [1.82, 2.24) is 4.57 Å². The van der Waals surface area contributed by atoms with E-state index in [1.54, 1.807) is 23.8 Å². The van der Waals surface area contributed by atoms with Gasteiger partial charge in [-0.15, -0.1) is 0 Å². The summed E-state index contributed by atoms with van der Waals surface area (Å²) >= 11 is 0. The first-order valence-corrected chi connectivity index (χ1v) is 5.29. The van der Waals surface area contributed by atoms with Gasteiger partial charge >= 0.3 is 5.97 Å². The Morgan fingerprint density at radius 3 is 2.76 bits per heavy atom. The van der Waals surface area contributed by atoms with Crippen molar-refractivity contribution in [3.05, 3.63) is 46.2 Å². The number of carbonyl (C=O) groups excluding carboxylic acids is 1. The Morgan fingerprint density at radius 2 is 2.06 bits per heavy atom. The number of rotatable bonds is 2. The predicted molar refractivity (Wildman–Crippen MR) is 65.0 cm³/mol. The summed E-state index contributed by atoms with van der Waals surface area (Å²) in [6, 6.07) is 7.23. The molecule has 0 saturated carbocycles. The number of nitrogens with zero attached hydrogens (tertiary/aromatic N) is 1. The van der Waals surface area contributed by atoms with Gasteiger partial charge in [0.2, 0.25) is 0 Å². The van der Waals surface area contributed by atoms with Crippen LogP contribution in [0.15, 0.2) is 35.3 Å². The molecule has 0 aliphatic heterocycles. The number of aromatic nitrogens is 1. The number of benzene rings is 1. The molecule has 0 saturated heterocycles. The summed E-state index contributed by atoms with van der Waals surface area (Å²) in [5, 5.41) is 0.622. The van der Waals surface area contributed by atoms with E-state index < -0.39 is 0 Å². The van der Waals surface area contributed by atoms with E-state index in [9.17, 15) is 9.59 Å². The third-order valence-electron chi connectivity index (χ3n) is 2.69. The van der Waals surface area contributed by atoms with Crippen LogP contribution < -0.4 is 5.43 Å². The standard InChI is InChI=1S/C13H13NO3/c1-9-7-14(8-12(15)17-2)11-6-4-3-5-10(11)13(9)16/h3-7H,8H2,1-2H3. The van der Waals surface area contributed by atoms with Crippen LogP contribution in [0.3, 0.4) is 0 Å². The quantitative estimate of drug-likeness (QED) is 0.735. The van der Waals surface area contributed by atoms with Gasteiger partial charge in [-0.05, 0) is 19.1 Å². The number of pyridine rings is 1. The molecule has 0 bridgehead atoms. The van der Waals surface area contributed by atoms with E-state index in [-0.39, 0.29) is 17.9 Å². The second-order valence-corrected chi connectivity index (χ2v) is 3.86. The normalized spacial score (nSPS) is 10.5. The largest absolute Gasteiger partial charge is 0.468 e. The Kier molecular flexibility index (Phi) is 2.95. The molecule has 0 radical (unpaired) electrons. The van der Waals surface area contributed by atoms with Crippen LogP contribution in [0.4, 0.5) is 0 Å². The number of hydrogen-bond acceptors (Lipinski definition) is 3. The minimum Gasteiger partial charge on any atom is -0.468 e. The third-order valence-corrected chi connectivity index (χ3v) is 2.69. The number of hydrogen-bond donors (Lipinski definition) is 0. The van der Waals surface area contributed by atoms with Gasteiger partial charge in [0, 0.05) is 17.1 Å². The van der Waals surface area contributed by atoms with Crippen molar-refractivity contribution < 1.29 is 9.53 Å². The third kappa shape index (κ3) is 2.06. The minimum atomic E-state index is -0.335. The van der Waals surface area contributed by atoms with Crippen LogP contribution in [0.5, 0.6) is 0 Å². The lowest BCUT2D eigenvalue weighted by molar-refractivity contribution is -0.141. The van der Waals surface area contributed by atoms with Crippen LogP contribution in [0.25, 0.3) is 10.9 Å². The Hall–Kier alpha value is -2.10. The van der Waals surface area contributed by atoms with Gasteiger partial charge in [0.05, 0.1) is 12.6 Å². The van der Waals surface area contributed by atoms with Gasteiger partial charge in [-0.2, -0.15) is 0 Å². The fourth-order valence-corrected chi connectivity index (χ4v) is 1.82. The van der Waals surface area contributed by atoms with Crippen molar-refractivity contribution in [1.29, 1.82) is 0 Å². The van der Waals surface area contributed by atoms with Crippen molar-refractivity contribution >= 4 is 16.9 Å². The fourth-order valence-electron chi connectivity index (χ4n) is 1.82. The number of methoxy groups -OCH3 is 1. The van der Waals surface area contributed by atoms with Gasteiger partial charge in [-0.25, -0.2) is 0 Å². The maximum absolute atomic E-state index is 11.9. The molecule has 0 aliphatic carbocycles. The van der Waals surface area contributed by atoms with E-state index in [1.165, 1.54) is 7.11 Å². The van der Waals surface area contributed by atoms with Crippen molar-refractivity contribution in [3.8, 4) is 0 Å². The van der Waals surface area contributed by atoms with Gasteiger partial charge in [0.25, 0.3) is 0 Å². The van der Waals surface area contributed by atoms with Crippen LogP contribution >= 0.6 is 0 Å². The average molecular weight is 231 g/mol. The molecule has 2 rings (SSSR count). The first-order chi connectivity index (χ1) is 8.13. The molecule has 2 aromatic rings. The van der Waals surface area contributed by atoms with Crippen molar-refractivity contribution in [2.45, 2.75) is 13.5 Å². The number of para-hydroxylation sites is 1. The summed E-state index contributed by atoms with van der Waals surface area (Å²) in [5.74, 6) is -0.335. The van der Waals surface area contributed by atoms with Gasteiger partial charge in [-0.3, -0.25) is 9.59 Å². The summed E-state index contributed by atoms with van der Waals surface area (Å²) < 4.78 is 6.37. The molecule has 0 N–H and O–H groups in total. The maximum Gasteiger partial charge on any atom is 0.325 e. The second-order valence-electron chi connectivity index (χ2n) is 3.86. The molecule has 0 spiro atoms. The van der Waals surface area contributed by atoms with Gasteiger partial charge in [-0.1, -0.05) is 12.1 Å². The highest BCUT2D eigenvalue weighted by molar-refractivity contribution is 5.81. The molecular formula is C13H13NO3. The van der Waals surface area contributed by atoms with Crippen LogP contribution in [0.2, 0.25) is 0 Å². The van der Waals surface area contributed by atoms with E-state index in [0.29, 0.717) is 10.9 Å². The molecular weight excluding hydrogens is 218 g/mol. The Balaban J connectivity index is 2.67. The van der Waals surface area contributed by atoms with Crippen molar-refractivity contribution in [3.63, 3.8) is 0 Å². The highest BCUT2D eigenvalue weighted by atomic mass is 16.5. The minimum absolute atomic E-state index is 0.00159. The zero-order valence-electron chi connectivity index (χ0n) is 9.77. The summed E-state index contributed by atoms with van der Waals surface area (Å²) in [7, 11) is 1.35. The highest BCUT2D eigenvalue weighted by Crippen LogP contribution is 2.11. The molecule has 0 amide bonds. The van der Waals surface area contributed by atoms with Gasteiger partial charge in [0.15, 0.2) is 5.43 Å². The number of carbonyl (C=O) groups is 1. The van der Waals surface area contributed by atoms with E-state index in [4.69, 9.17) is 0 Å². The average Bonchev–Trinajstić information content (AvgIpc) is 2.35. The Morgan fingerprint density at radius 1 is 1.35 bits per heavy atom. The highest BCUT2D eigenvalue weighted by Gasteiger charge is 2.08. The summed E-state index contributed by atoms with van der Waals surface area (Å²) in [4.78, 5) is 23.2. The molecule has 0 unspecified atom stereocenters. The van der Waals surface area contributed by atoms with Gasteiger partial charge in [0.1, 0.15) is 6.54 Å². The molecule has 0 aliphatic rings. The molecule has 0 atom stereocenters. The number of ether oxygens (including phenoxy) is 1. The lowest BCUT2D eigenvalue weighted by Gasteiger charge is -2.10. The molecule has 88 valence electrons. The molecule has 4 nitrogen and oxygen atoms in total. The molecule has 4 heteroatoms. The lowest BCUT2D eigenvalue weighted by atomic mass is 10.1. The van der Waals surface area contributed by atoms with Crippen molar-refractivity contribution in [2.75, 3.05) is 7.11 Å². The fraction of sp³-hybridized carbons (Fsp3) is 0.231. The monoisotopic (exact) mass is 231 g/mol. The molecule has 1 aromatic carbocycles. The lowest BCUT2D eigenvalue weighted by Crippen LogP contribution is -2.17. The summed E-state index contributed by atoms with van der Waals surface area (Å²) in [6.45, 7) is 1.85. The van der Waals surface area contributed by atoms with Gasteiger partial charge < -0.3 is 9.30 Å². The SMILES string of the molecule is COC(=O)Cn1cc(C)c(=O)c2ccccc21. The van der Waals surface area contributed by atoms with Crippen LogP contribution in [-0.4, -0.2) is 17.6 Å². The molecule has 0 fully saturated rings. The smallest absolute Gasteiger partial charge is 0.325 e. The van der Waals surface area contributed by atoms with E-state index >= 15 is 0 Å². The van der Waals surface area contributed by atoms with Crippen LogP contribution in [0.1, 0.15) is 5.56 Å². The first kappa shape index (κ1) is 11.4.